The van der Waals surface area contributed by atoms with Crippen molar-refractivity contribution in [1.29, 1.82) is 0 Å². The summed E-state index contributed by atoms with van der Waals surface area (Å²) < 4.78 is 27.0. The molecule has 0 spiro atoms. The zero-order chi connectivity index (χ0) is 22.8. The second-order valence-electron chi connectivity index (χ2n) is 12.1. The number of hydrogen-bond donors (Lipinski definition) is 0. The maximum Gasteiger partial charge on any atom is 0.159 e. The van der Waals surface area contributed by atoms with Gasteiger partial charge in [-0.05, 0) is 130 Å². The largest absolute Gasteiger partial charge is 0.204 e. The molecule has 0 saturated heterocycles. The maximum atomic E-state index is 13.7. The fourth-order valence-electron chi connectivity index (χ4n) is 8.25. The number of hydrogen-bond acceptors (Lipinski definition) is 0. The number of halogens is 2. The molecule has 2 atom stereocenters. The highest BCUT2D eigenvalue weighted by Gasteiger charge is 2.35. The van der Waals surface area contributed by atoms with Gasteiger partial charge < -0.3 is 0 Å². The van der Waals surface area contributed by atoms with Gasteiger partial charge in [-0.2, -0.15) is 0 Å². The van der Waals surface area contributed by atoms with Gasteiger partial charge in [0, 0.05) is 0 Å². The molecule has 0 amide bonds. The van der Waals surface area contributed by atoms with E-state index in [4.69, 9.17) is 0 Å². The summed E-state index contributed by atoms with van der Waals surface area (Å²) in [5, 5.41) is 0. The van der Waals surface area contributed by atoms with Gasteiger partial charge in [-0.3, -0.25) is 0 Å². The van der Waals surface area contributed by atoms with Gasteiger partial charge in [0.15, 0.2) is 11.6 Å². The smallest absolute Gasteiger partial charge is 0.159 e. The fourth-order valence-corrected chi connectivity index (χ4v) is 8.25. The lowest BCUT2D eigenvalue weighted by Crippen LogP contribution is -2.28. The highest BCUT2D eigenvalue weighted by atomic mass is 19.2. The van der Waals surface area contributed by atoms with Crippen LogP contribution in [0.5, 0.6) is 0 Å². The van der Waals surface area contributed by atoms with E-state index in [0.29, 0.717) is 5.92 Å². The summed E-state index contributed by atoms with van der Waals surface area (Å²) in [7, 11) is 0. The standard InChI is InChI=1S/C31H44F2/c1-2-3-21-4-6-22(7-5-21)25-12-14-28-19-26(13-15-27(28)18-25)23-8-10-24(11-9-23)29-16-17-30(32)31(33)20-29/h16-17,20-26H,2-15,18-19H2,1H3. The fraction of sp³-hybridized carbons (Fsp3) is 0.742. The Morgan fingerprint density at radius 1 is 0.667 bits per heavy atom. The molecule has 33 heavy (non-hydrogen) atoms. The second-order valence-corrected chi connectivity index (χ2v) is 12.1. The summed E-state index contributed by atoms with van der Waals surface area (Å²) in [6.07, 6.45) is 22.0. The van der Waals surface area contributed by atoms with E-state index in [1.54, 1.807) is 6.07 Å². The molecule has 2 fully saturated rings. The minimum absolute atomic E-state index is 0.414. The van der Waals surface area contributed by atoms with Gasteiger partial charge in [-0.25, -0.2) is 8.78 Å². The van der Waals surface area contributed by atoms with E-state index in [1.807, 2.05) is 11.1 Å². The molecule has 0 aromatic heterocycles. The van der Waals surface area contributed by atoms with Crippen LogP contribution < -0.4 is 0 Å². The lowest BCUT2D eigenvalue weighted by molar-refractivity contribution is 0.171. The average Bonchev–Trinajstić information content (AvgIpc) is 2.86. The van der Waals surface area contributed by atoms with Crippen molar-refractivity contribution in [1.82, 2.24) is 0 Å². The van der Waals surface area contributed by atoms with Crippen LogP contribution in [0.15, 0.2) is 29.3 Å². The van der Waals surface area contributed by atoms with E-state index in [1.165, 1.54) is 102 Å². The van der Waals surface area contributed by atoms with Crippen LogP contribution in [0.4, 0.5) is 8.78 Å². The molecule has 0 bridgehead atoms. The molecule has 0 radical (unpaired) electrons. The zero-order valence-corrected chi connectivity index (χ0v) is 20.8. The minimum atomic E-state index is -0.724. The zero-order valence-electron chi connectivity index (χ0n) is 20.8. The first-order valence-corrected chi connectivity index (χ1v) is 14.2. The highest BCUT2D eigenvalue weighted by molar-refractivity contribution is 5.24. The molecule has 182 valence electrons. The Balaban J connectivity index is 1.11. The van der Waals surface area contributed by atoms with Crippen LogP contribution >= 0.6 is 0 Å². The van der Waals surface area contributed by atoms with Crippen molar-refractivity contribution in [3.8, 4) is 0 Å². The first kappa shape index (κ1) is 23.6. The Bertz CT molecular complexity index is 823. The van der Waals surface area contributed by atoms with Gasteiger partial charge in [0.1, 0.15) is 0 Å². The molecule has 1 aromatic carbocycles. The van der Waals surface area contributed by atoms with Crippen molar-refractivity contribution in [2.45, 2.75) is 116 Å². The molecule has 2 unspecified atom stereocenters. The van der Waals surface area contributed by atoms with Gasteiger partial charge in [-0.15, -0.1) is 0 Å². The highest BCUT2D eigenvalue weighted by Crippen LogP contribution is 2.50. The quantitative estimate of drug-likeness (QED) is 0.388. The Kier molecular flexibility index (Phi) is 7.57. The molecule has 0 heterocycles. The lowest BCUT2D eigenvalue weighted by Gasteiger charge is -2.42. The van der Waals surface area contributed by atoms with Crippen molar-refractivity contribution >= 4 is 0 Å². The summed E-state index contributed by atoms with van der Waals surface area (Å²) in [5.74, 6) is 3.73. The summed E-state index contributed by atoms with van der Waals surface area (Å²) in [5.41, 5.74) is 4.72. The van der Waals surface area contributed by atoms with Crippen molar-refractivity contribution in [3.05, 3.63) is 46.5 Å². The Labute approximate surface area is 200 Å². The third kappa shape index (κ3) is 5.40. The second kappa shape index (κ2) is 10.6. The molecule has 4 aliphatic rings. The summed E-state index contributed by atoms with van der Waals surface area (Å²) in [4.78, 5) is 0. The molecule has 0 nitrogen and oxygen atoms in total. The molecule has 2 saturated carbocycles. The van der Waals surface area contributed by atoms with Crippen molar-refractivity contribution in [3.63, 3.8) is 0 Å². The molecule has 2 heteroatoms. The van der Waals surface area contributed by atoms with Crippen LogP contribution in [-0.4, -0.2) is 0 Å². The van der Waals surface area contributed by atoms with Gasteiger partial charge in [-0.1, -0.05) is 49.8 Å². The predicted octanol–water partition coefficient (Wildman–Crippen LogP) is 9.74. The Hall–Kier alpha value is -1.18. The molecular formula is C31H44F2. The first-order valence-electron chi connectivity index (χ1n) is 14.2. The predicted molar refractivity (Wildman–Crippen MR) is 133 cm³/mol. The van der Waals surface area contributed by atoms with Gasteiger partial charge in [0.25, 0.3) is 0 Å². The van der Waals surface area contributed by atoms with Crippen LogP contribution in [0.25, 0.3) is 0 Å². The van der Waals surface area contributed by atoms with E-state index < -0.39 is 11.6 Å². The minimum Gasteiger partial charge on any atom is -0.204 e. The third-order valence-electron chi connectivity index (χ3n) is 10.3. The van der Waals surface area contributed by atoms with E-state index in [2.05, 4.69) is 6.92 Å². The van der Waals surface area contributed by atoms with Gasteiger partial charge >= 0.3 is 0 Å². The van der Waals surface area contributed by atoms with Gasteiger partial charge in [0.05, 0.1) is 0 Å². The maximum absolute atomic E-state index is 13.7. The van der Waals surface area contributed by atoms with E-state index in [9.17, 15) is 8.78 Å². The molecule has 0 N–H and O–H groups in total. The summed E-state index contributed by atoms with van der Waals surface area (Å²) in [6, 6.07) is 4.54. The van der Waals surface area contributed by atoms with E-state index >= 15 is 0 Å². The van der Waals surface area contributed by atoms with Crippen LogP contribution in [0.2, 0.25) is 0 Å². The Morgan fingerprint density at radius 3 is 1.79 bits per heavy atom. The van der Waals surface area contributed by atoms with Crippen LogP contribution in [0, 0.1) is 41.2 Å². The normalized spacial score (nSPS) is 35.4. The Morgan fingerprint density at radius 2 is 1.24 bits per heavy atom. The van der Waals surface area contributed by atoms with Crippen LogP contribution in [-0.2, 0) is 0 Å². The molecule has 1 aromatic rings. The number of benzene rings is 1. The molecule has 5 rings (SSSR count). The average molecular weight is 455 g/mol. The van der Waals surface area contributed by atoms with Crippen molar-refractivity contribution in [2.24, 2.45) is 29.6 Å². The van der Waals surface area contributed by atoms with Crippen LogP contribution in [0.3, 0.4) is 0 Å². The first-order chi connectivity index (χ1) is 16.1. The summed E-state index contributed by atoms with van der Waals surface area (Å²) >= 11 is 0. The summed E-state index contributed by atoms with van der Waals surface area (Å²) in [6.45, 7) is 2.34. The topological polar surface area (TPSA) is 0 Å². The van der Waals surface area contributed by atoms with Crippen molar-refractivity contribution in [2.75, 3.05) is 0 Å². The van der Waals surface area contributed by atoms with Crippen LogP contribution in [0.1, 0.15) is 121 Å². The lowest BCUT2D eigenvalue weighted by atomic mass is 9.64. The monoisotopic (exact) mass is 454 g/mol. The van der Waals surface area contributed by atoms with E-state index in [-0.39, 0.29) is 0 Å². The molecule has 0 aliphatic heterocycles. The SMILES string of the molecule is CCCC1CCC(C2CCC3=C(CCC(C4CCC(c5ccc(F)c(F)c5)CC4)C3)C2)CC1. The molecular weight excluding hydrogens is 410 g/mol. The molecule has 4 aliphatic carbocycles. The van der Waals surface area contributed by atoms with Crippen molar-refractivity contribution < 1.29 is 8.78 Å². The third-order valence-corrected chi connectivity index (χ3v) is 10.3. The number of rotatable bonds is 5. The van der Waals surface area contributed by atoms with Gasteiger partial charge in [0.2, 0.25) is 0 Å². The number of allylic oxidation sites excluding steroid dienone is 2. The van der Waals surface area contributed by atoms with E-state index in [0.717, 1.165) is 48.0 Å².